The van der Waals surface area contributed by atoms with Gasteiger partial charge in [0.2, 0.25) is 5.91 Å². The SMILES string of the molecule is CN1CCN(C(=O)Cc2csc(-c3ccc(CN4CCOCC4)cc3)n2)CC1. The van der Waals surface area contributed by atoms with Crippen molar-refractivity contribution in [3.8, 4) is 10.6 Å². The quantitative estimate of drug-likeness (QED) is 0.768. The standard InChI is InChI=1S/C21H28N4O2S/c1-23-6-8-25(9-7-23)20(26)14-19-16-28-21(22-19)18-4-2-17(3-5-18)15-24-10-12-27-13-11-24/h2-5,16H,6-15H2,1H3. The maximum atomic E-state index is 12.5. The molecule has 0 radical (unpaired) electrons. The summed E-state index contributed by atoms with van der Waals surface area (Å²) in [6.45, 7) is 8.15. The van der Waals surface area contributed by atoms with Crippen molar-refractivity contribution in [1.29, 1.82) is 0 Å². The van der Waals surface area contributed by atoms with Crippen LogP contribution in [0.3, 0.4) is 0 Å². The molecule has 0 bridgehead atoms. The number of nitrogens with zero attached hydrogens (tertiary/aromatic N) is 4. The lowest BCUT2D eigenvalue weighted by atomic mass is 10.1. The summed E-state index contributed by atoms with van der Waals surface area (Å²) in [6.07, 6.45) is 0.398. The second kappa shape index (κ2) is 9.13. The first-order chi connectivity index (χ1) is 13.7. The van der Waals surface area contributed by atoms with Gasteiger partial charge in [-0.1, -0.05) is 24.3 Å². The van der Waals surface area contributed by atoms with Gasteiger partial charge in [0, 0.05) is 56.8 Å². The summed E-state index contributed by atoms with van der Waals surface area (Å²) in [5.74, 6) is 0.186. The zero-order valence-electron chi connectivity index (χ0n) is 16.5. The summed E-state index contributed by atoms with van der Waals surface area (Å²) in [7, 11) is 2.10. The molecule has 28 heavy (non-hydrogen) atoms. The van der Waals surface area contributed by atoms with Gasteiger partial charge in [0.15, 0.2) is 0 Å². The predicted molar refractivity (Wildman–Crippen MR) is 111 cm³/mol. The number of carbonyl (C=O) groups is 1. The average Bonchev–Trinajstić information content (AvgIpc) is 3.18. The lowest BCUT2D eigenvalue weighted by Gasteiger charge is -2.32. The highest BCUT2D eigenvalue weighted by atomic mass is 32.1. The molecule has 1 amide bonds. The van der Waals surface area contributed by atoms with Gasteiger partial charge >= 0.3 is 0 Å². The van der Waals surface area contributed by atoms with E-state index in [2.05, 4.69) is 41.1 Å². The molecule has 0 saturated carbocycles. The van der Waals surface area contributed by atoms with Crippen molar-refractivity contribution in [3.05, 3.63) is 40.9 Å². The number of ether oxygens (including phenoxy) is 1. The first kappa shape index (κ1) is 19.5. The molecule has 2 fully saturated rings. The number of thiazole rings is 1. The smallest absolute Gasteiger partial charge is 0.228 e. The normalized spacial score (nSPS) is 19.1. The summed E-state index contributed by atoms with van der Waals surface area (Å²) in [5.41, 5.74) is 3.31. The number of morpholine rings is 1. The van der Waals surface area contributed by atoms with Crippen molar-refractivity contribution in [3.63, 3.8) is 0 Å². The molecule has 2 aliphatic rings. The Morgan fingerprint density at radius 1 is 1.07 bits per heavy atom. The van der Waals surface area contributed by atoms with Crippen LogP contribution in [0.15, 0.2) is 29.6 Å². The van der Waals surface area contributed by atoms with Gasteiger partial charge in [0.25, 0.3) is 0 Å². The fraction of sp³-hybridized carbons (Fsp3) is 0.524. The molecule has 2 aromatic rings. The van der Waals surface area contributed by atoms with E-state index in [4.69, 9.17) is 9.72 Å². The summed E-state index contributed by atoms with van der Waals surface area (Å²) >= 11 is 1.62. The van der Waals surface area contributed by atoms with Crippen LogP contribution in [0.5, 0.6) is 0 Å². The summed E-state index contributed by atoms with van der Waals surface area (Å²) < 4.78 is 5.41. The summed E-state index contributed by atoms with van der Waals surface area (Å²) in [4.78, 5) is 23.9. The summed E-state index contributed by atoms with van der Waals surface area (Å²) in [6, 6.07) is 8.64. The molecular weight excluding hydrogens is 372 g/mol. The molecule has 4 rings (SSSR count). The van der Waals surface area contributed by atoms with Gasteiger partial charge in [-0.25, -0.2) is 4.98 Å². The van der Waals surface area contributed by atoms with Gasteiger partial charge in [0.05, 0.1) is 25.3 Å². The van der Waals surface area contributed by atoms with E-state index in [1.54, 1.807) is 11.3 Å². The minimum Gasteiger partial charge on any atom is -0.379 e. The monoisotopic (exact) mass is 400 g/mol. The van der Waals surface area contributed by atoms with Crippen LogP contribution in [-0.4, -0.2) is 85.1 Å². The van der Waals surface area contributed by atoms with Crippen LogP contribution in [0.1, 0.15) is 11.3 Å². The average molecular weight is 401 g/mol. The highest BCUT2D eigenvalue weighted by Crippen LogP contribution is 2.25. The highest BCUT2D eigenvalue weighted by molar-refractivity contribution is 7.13. The lowest BCUT2D eigenvalue weighted by Crippen LogP contribution is -2.47. The van der Waals surface area contributed by atoms with Crippen LogP contribution in [0.4, 0.5) is 0 Å². The number of hydrogen-bond acceptors (Lipinski definition) is 6. The zero-order valence-corrected chi connectivity index (χ0v) is 17.3. The van der Waals surface area contributed by atoms with E-state index in [0.717, 1.165) is 75.3 Å². The van der Waals surface area contributed by atoms with E-state index in [-0.39, 0.29) is 5.91 Å². The number of benzene rings is 1. The molecule has 0 atom stereocenters. The summed E-state index contributed by atoms with van der Waals surface area (Å²) in [5, 5.41) is 3.00. The fourth-order valence-corrected chi connectivity index (χ4v) is 4.44. The highest BCUT2D eigenvalue weighted by Gasteiger charge is 2.20. The van der Waals surface area contributed by atoms with E-state index < -0.39 is 0 Å². The number of piperazine rings is 1. The van der Waals surface area contributed by atoms with Gasteiger partial charge in [0.1, 0.15) is 5.01 Å². The minimum absolute atomic E-state index is 0.186. The van der Waals surface area contributed by atoms with Crippen molar-refractivity contribution >= 4 is 17.2 Å². The van der Waals surface area contributed by atoms with Crippen LogP contribution in [0.25, 0.3) is 10.6 Å². The molecule has 1 aromatic heterocycles. The van der Waals surface area contributed by atoms with E-state index >= 15 is 0 Å². The largest absolute Gasteiger partial charge is 0.379 e. The molecular formula is C21H28N4O2S. The predicted octanol–water partition coefficient (Wildman–Crippen LogP) is 1.96. The number of carbonyl (C=O) groups excluding carboxylic acids is 1. The van der Waals surface area contributed by atoms with E-state index in [1.807, 2.05) is 10.3 Å². The van der Waals surface area contributed by atoms with Crippen molar-refractivity contribution < 1.29 is 9.53 Å². The molecule has 2 saturated heterocycles. The van der Waals surface area contributed by atoms with Crippen molar-refractivity contribution in [2.24, 2.45) is 0 Å². The topological polar surface area (TPSA) is 48.9 Å². The Bertz CT molecular complexity index is 778. The second-order valence-electron chi connectivity index (χ2n) is 7.59. The van der Waals surface area contributed by atoms with E-state index in [1.165, 1.54) is 5.56 Å². The van der Waals surface area contributed by atoms with Crippen LogP contribution in [-0.2, 0) is 22.5 Å². The van der Waals surface area contributed by atoms with Gasteiger partial charge < -0.3 is 14.5 Å². The molecule has 0 unspecified atom stereocenters. The number of aromatic nitrogens is 1. The Balaban J connectivity index is 1.34. The number of rotatable bonds is 5. The van der Waals surface area contributed by atoms with E-state index in [9.17, 15) is 4.79 Å². The zero-order chi connectivity index (χ0) is 19.3. The molecule has 3 heterocycles. The minimum atomic E-state index is 0.186. The van der Waals surface area contributed by atoms with Crippen LogP contribution in [0.2, 0.25) is 0 Å². The maximum absolute atomic E-state index is 12.5. The van der Waals surface area contributed by atoms with Crippen LogP contribution in [0, 0.1) is 0 Å². The second-order valence-corrected chi connectivity index (χ2v) is 8.45. The Hall–Kier alpha value is -1.80. The third-order valence-corrected chi connectivity index (χ3v) is 6.39. The van der Waals surface area contributed by atoms with Crippen LogP contribution < -0.4 is 0 Å². The first-order valence-electron chi connectivity index (χ1n) is 9.97. The molecule has 0 spiro atoms. The van der Waals surface area contributed by atoms with Crippen LogP contribution >= 0.6 is 11.3 Å². The molecule has 1 aromatic carbocycles. The molecule has 2 aliphatic heterocycles. The third-order valence-electron chi connectivity index (χ3n) is 5.45. The Morgan fingerprint density at radius 3 is 2.50 bits per heavy atom. The van der Waals surface area contributed by atoms with Gasteiger partial charge in [-0.2, -0.15) is 0 Å². The molecule has 6 nitrogen and oxygen atoms in total. The van der Waals surface area contributed by atoms with Crippen molar-refractivity contribution in [1.82, 2.24) is 19.7 Å². The lowest BCUT2D eigenvalue weighted by molar-refractivity contribution is -0.132. The third kappa shape index (κ3) is 4.97. The molecule has 7 heteroatoms. The Labute approximate surface area is 170 Å². The van der Waals surface area contributed by atoms with Gasteiger partial charge in [-0.05, 0) is 12.6 Å². The Morgan fingerprint density at radius 2 is 1.79 bits per heavy atom. The van der Waals surface area contributed by atoms with Crippen molar-refractivity contribution in [2.45, 2.75) is 13.0 Å². The molecule has 150 valence electrons. The molecule has 0 aliphatic carbocycles. The number of hydrogen-bond donors (Lipinski definition) is 0. The Kier molecular flexibility index (Phi) is 6.36. The van der Waals surface area contributed by atoms with Gasteiger partial charge in [-0.3, -0.25) is 9.69 Å². The first-order valence-corrected chi connectivity index (χ1v) is 10.9. The van der Waals surface area contributed by atoms with Crippen molar-refractivity contribution in [2.75, 3.05) is 59.5 Å². The van der Waals surface area contributed by atoms with Gasteiger partial charge in [-0.15, -0.1) is 11.3 Å². The number of amides is 1. The molecule has 0 N–H and O–H groups in total. The number of likely N-dealkylation sites (N-methyl/N-ethyl adjacent to an activating group) is 1. The van der Waals surface area contributed by atoms with E-state index in [0.29, 0.717) is 6.42 Å². The maximum Gasteiger partial charge on any atom is 0.228 e. The fourth-order valence-electron chi connectivity index (χ4n) is 3.61.